The van der Waals surface area contributed by atoms with E-state index in [4.69, 9.17) is 20.5 Å². The number of amides is 3. The fourth-order valence-corrected chi connectivity index (χ4v) is 1.50. The van der Waals surface area contributed by atoms with E-state index in [0.29, 0.717) is 17.1 Å². The second kappa shape index (κ2) is 5.10. The van der Waals surface area contributed by atoms with Crippen LogP contribution in [-0.4, -0.2) is 18.7 Å². The van der Waals surface area contributed by atoms with Crippen molar-refractivity contribution in [1.29, 1.82) is 5.26 Å². The highest BCUT2D eigenvalue weighted by molar-refractivity contribution is 6.08. The summed E-state index contributed by atoms with van der Waals surface area (Å²) < 4.78 is 10.3. The van der Waals surface area contributed by atoms with Crippen molar-refractivity contribution in [3.05, 3.63) is 29.3 Å². The van der Waals surface area contributed by atoms with Crippen LogP contribution < -0.4 is 20.5 Å². The van der Waals surface area contributed by atoms with Gasteiger partial charge in [-0.25, -0.2) is 4.79 Å². The van der Waals surface area contributed by atoms with Crippen LogP contribution in [0.4, 0.5) is 4.79 Å². The van der Waals surface area contributed by atoms with E-state index in [9.17, 15) is 9.59 Å². The standard InChI is InChI=1S/C12H9N3O4/c13-5-8(11(16)15-12(14)17)3-7-1-2-9-10(4-7)19-6-18-9/h1-4H,6H2,(H3,14,15,16,17)/b8-3-. The summed E-state index contributed by atoms with van der Waals surface area (Å²) in [5.41, 5.74) is 5.14. The molecular weight excluding hydrogens is 250 g/mol. The summed E-state index contributed by atoms with van der Waals surface area (Å²) in [6.07, 6.45) is 1.32. The number of fused-ring (bicyclic) bond motifs is 1. The predicted octanol–water partition coefficient (Wildman–Crippen LogP) is 0.517. The molecule has 0 aromatic heterocycles. The number of hydrogen-bond acceptors (Lipinski definition) is 5. The number of nitriles is 1. The molecule has 0 saturated heterocycles. The molecule has 1 aromatic rings. The molecular formula is C12H9N3O4. The lowest BCUT2D eigenvalue weighted by atomic mass is 10.1. The van der Waals surface area contributed by atoms with E-state index in [0.717, 1.165) is 0 Å². The number of nitrogens with one attached hydrogen (secondary N) is 1. The minimum Gasteiger partial charge on any atom is -0.454 e. The fraction of sp³-hybridized carbons (Fsp3) is 0.0833. The zero-order chi connectivity index (χ0) is 13.8. The van der Waals surface area contributed by atoms with Crippen molar-refractivity contribution in [3.63, 3.8) is 0 Å². The van der Waals surface area contributed by atoms with Crippen molar-refractivity contribution in [2.45, 2.75) is 0 Å². The van der Waals surface area contributed by atoms with E-state index in [1.165, 1.54) is 6.08 Å². The summed E-state index contributed by atoms with van der Waals surface area (Å²) in [5.74, 6) is 0.270. The van der Waals surface area contributed by atoms with Crippen molar-refractivity contribution in [2.75, 3.05) is 6.79 Å². The lowest BCUT2D eigenvalue weighted by Gasteiger charge is -2.00. The van der Waals surface area contributed by atoms with Crippen LogP contribution >= 0.6 is 0 Å². The van der Waals surface area contributed by atoms with Crippen molar-refractivity contribution < 1.29 is 19.1 Å². The number of carbonyl (C=O) groups excluding carboxylic acids is 2. The van der Waals surface area contributed by atoms with Gasteiger partial charge in [0.15, 0.2) is 11.5 Å². The van der Waals surface area contributed by atoms with Gasteiger partial charge in [0.25, 0.3) is 5.91 Å². The van der Waals surface area contributed by atoms with Crippen LogP contribution in [0.3, 0.4) is 0 Å². The topological polar surface area (TPSA) is 114 Å². The van der Waals surface area contributed by atoms with Gasteiger partial charge in [0.2, 0.25) is 6.79 Å². The number of rotatable bonds is 2. The zero-order valence-electron chi connectivity index (χ0n) is 9.67. The Morgan fingerprint density at radius 1 is 1.37 bits per heavy atom. The number of ether oxygens (including phenoxy) is 2. The van der Waals surface area contributed by atoms with Gasteiger partial charge in [0.05, 0.1) is 0 Å². The van der Waals surface area contributed by atoms with Gasteiger partial charge < -0.3 is 15.2 Å². The van der Waals surface area contributed by atoms with E-state index in [2.05, 4.69) is 0 Å². The number of imide groups is 1. The quantitative estimate of drug-likeness (QED) is 0.593. The Bertz CT molecular complexity index is 616. The monoisotopic (exact) mass is 259 g/mol. The first-order valence-electron chi connectivity index (χ1n) is 5.22. The van der Waals surface area contributed by atoms with Crippen LogP contribution in [0.15, 0.2) is 23.8 Å². The Labute approximate surface area is 108 Å². The largest absolute Gasteiger partial charge is 0.454 e. The number of benzene rings is 1. The summed E-state index contributed by atoms with van der Waals surface area (Å²) in [4.78, 5) is 22.0. The zero-order valence-corrected chi connectivity index (χ0v) is 9.67. The Kier molecular flexibility index (Phi) is 3.34. The number of primary amides is 1. The Morgan fingerprint density at radius 3 is 2.79 bits per heavy atom. The van der Waals surface area contributed by atoms with Crippen LogP contribution in [0.5, 0.6) is 11.5 Å². The fourth-order valence-electron chi connectivity index (χ4n) is 1.50. The smallest absolute Gasteiger partial charge is 0.319 e. The third-order valence-corrected chi connectivity index (χ3v) is 2.31. The van der Waals surface area contributed by atoms with E-state index in [1.54, 1.807) is 24.3 Å². The van der Waals surface area contributed by atoms with Gasteiger partial charge in [-0.3, -0.25) is 10.1 Å². The minimum absolute atomic E-state index is 0.135. The molecule has 0 bridgehead atoms. The number of carbonyl (C=O) groups is 2. The molecule has 3 N–H and O–H groups in total. The lowest BCUT2D eigenvalue weighted by molar-refractivity contribution is -0.115. The normalized spacial score (nSPS) is 12.7. The Balaban J connectivity index is 2.26. The highest BCUT2D eigenvalue weighted by Gasteiger charge is 2.14. The van der Waals surface area contributed by atoms with Gasteiger partial charge in [0, 0.05) is 0 Å². The highest BCUT2D eigenvalue weighted by atomic mass is 16.7. The first-order chi connectivity index (χ1) is 9.10. The molecule has 0 radical (unpaired) electrons. The molecule has 19 heavy (non-hydrogen) atoms. The second-order valence-electron chi connectivity index (χ2n) is 3.60. The summed E-state index contributed by atoms with van der Waals surface area (Å²) in [7, 11) is 0. The number of urea groups is 1. The molecule has 1 heterocycles. The molecule has 2 rings (SSSR count). The second-order valence-corrected chi connectivity index (χ2v) is 3.60. The van der Waals surface area contributed by atoms with Crippen molar-refractivity contribution in [2.24, 2.45) is 5.73 Å². The third kappa shape index (κ3) is 2.81. The molecule has 7 heteroatoms. The van der Waals surface area contributed by atoms with Crippen LogP contribution in [0.25, 0.3) is 6.08 Å². The van der Waals surface area contributed by atoms with Crippen LogP contribution in [0.1, 0.15) is 5.56 Å². The number of nitrogens with zero attached hydrogens (tertiary/aromatic N) is 1. The Hall–Kier alpha value is -3.01. The molecule has 7 nitrogen and oxygen atoms in total. The summed E-state index contributed by atoms with van der Waals surface area (Å²) in [5, 5.41) is 10.7. The van der Waals surface area contributed by atoms with Gasteiger partial charge >= 0.3 is 6.03 Å². The summed E-state index contributed by atoms with van der Waals surface area (Å²) >= 11 is 0. The van der Waals surface area contributed by atoms with Gasteiger partial charge in [-0.2, -0.15) is 5.26 Å². The molecule has 3 amide bonds. The van der Waals surface area contributed by atoms with Gasteiger partial charge in [-0.1, -0.05) is 6.07 Å². The molecule has 0 saturated carbocycles. The maximum Gasteiger partial charge on any atom is 0.319 e. The predicted molar refractivity (Wildman–Crippen MR) is 63.9 cm³/mol. The average Bonchev–Trinajstić information content (AvgIpc) is 2.82. The molecule has 1 aliphatic rings. The highest BCUT2D eigenvalue weighted by Crippen LogP contribution is 2.33. The molecule has 0 atom stereocenters. The van der Waals surface area contributed by atoms with Gasteiger partial charge in [-0.05, 0) is 23.8 Å². The van der Waals surface area contributed by atoms with Gasteiger partial charge in [-0.15, -0.1) is 0 Å². The molecule has 1 aromatic carbocycles. The summed E-state index contributed by atoms with van der Waals surface area (Å²) in [6, 6.07) is 5.62. The van der Waals surface area contributed by atoms with Crippen molar-refractivity contribution in [3.8, 4) is 17.6 Å². The summed E-state index contributed by atoms with van der Waals surface area (Å²) in [6.45, 7) is 0.135. The SMILES string of the molecule is N#C/C(=C/c1ccc2c(c1)OCO2)C(=O)NC(N)=O. The van der Waals surface area contributed by atoms with E-state index < -0.39 is 11.9 Å². The molecule has 0 fully saturated rings. The molecule has 0 aliphatic carbocycles. The minimum atomic E-state index is -1.02. The van der Waals surface area contributed by atoms with Crippen LogP contribution in [0.2, 0.25) is 0 Å². The first kappa shape index (κ1) is 12.4. The van der Waals surface area contributed by atoms with E-state index in [-0.39, 0.29) is 12.4 Å². The maximum absolute atomic E-state index is 11.5. The maximum atomic E-state index is 11.5. The average molecular weight is 259 g/mol. The number of nitrogens with two attached hydrogens (primary N) is 1. The molecule has 1 aliphatic heterocycles. The Morgan fingerprint density at radius 2 is 2.11 bits per heavy atom. The van der Waals surface area contributed by atoms with Crippen LogP contribution in [-0.2, 0) is 4.79 Å². The lowest BCUT2D eigenvalue weighted by Crippen LogP contribution is -2.35. The number of hydrogen-bond donors (Lipinski definition) is 2. The first-order valence-corrected chi connectivity index (χ1v) is 5.22. The van der Waals surface area contributed by atoms with Crippen molar-refractivity contribution >= 4 is 18.0 Å². The van der Waals surface area contributed by atoms with Gasteiger partial charge in [0.1, 0.15) is 11.6 Å². The van der Waals surface area contributed by atoms with Crippen molar-refractivity contribution in [1.82, 2.24) is 5.32 Å². The third-order valence-electron chi connectivity index (χ3n) is 2.31. The molecule has 0 unspecified atom stereocenters. The molecule has 0 spiro atoms. The molecule has 96 valence electrons. The van der Waals surface area contributed by atoms with Crippen LogP contribution in [0, 0.1) is 11.3 Å². The van der Waals surface area contributed by atoms with E-state index >= 15 is 0 Å². The van der Waals surface area contributed by atoms with E-state index in [1.807, 2.05) is 5.32 Å².